The van der Waals surface area contributed by atoms with Crippen molar-refractivity contribution in [2.24, 2.45) is 5.10 Å². The summed E-state index contributed by atoms with van der Waals surface area (Å²) in [5, 5.41) is 9.69. The van der Waals surface area contributed by atoms with Crippen molar-refractivity contribution < 1.29 is 23.1 Å². The Kier molecular flexibility index (Phi) is 6.37. The van der Waals surface area contributed by atoms with E-state index in [9.17, 15) is 4.79 Å². The Labute approximate surface area is 196 Å². The van der Waals surface area contributed by atoms with Crippen LogP contribution in [0.2, 0.25) is 5.02 Å². The molecule has 0 saturated carbocycles. The molecular formula is C24H24ClN3O5. The maximum atomic E-state index is 13.2. The Balaban J connectivity index is 1.29. The summed E-state index contributed by atoms with van der Waals surface area (Å²) in [6, 6.07) is 12.2. The van der Waals surface area contributed by atoms with Gasteiger partial charge in [0.2, 0.25) is 0 Å². The van der Waals surface area contributed by atoms with Crippen LogP contribution < -0.4 is 10.1 Å². The van der Waals surface area contributed by atoms with Gasteiger partial charge in [0.05, 0.1) is 30.9 Å². The Morgan fingerprint density at radius 2 is 2.09 bits per heavy atom. The second-order valence-corrected chi connectivity index (χ2v) is 8.37. The van der Waals surface area contributed by atoms with Gasteiger partial charge in [0.1, 0.15) is 35.6 Å². The van der Waals surface area contributed by atoms with Crippen LogP contribution in [0.15, 0.2) is 68.9 Å². The van der Waals surface area contributed by atoms with E-state index >= 15 is 0 Å². The first-order valence-electron chi connectivity index (χ1n) is 10.9. The number of carbonyl (C=O) groups excluding carboxylic acids is 1. The molecule has 0 radical (unpaired) electrons. The largest absolute Gasteiger partial charge is 0.489 e. The van der Waals surface area contributed by atoms with E-state index < -0.39 is 0 Å². The predicted octanol–water partition coefficient (Wildman–Crippen LogP) is 4.87. The maximum absolute atomic E-state index is 13.2. The lowest BCUT2D eigenvalue weighted by Gasteiger charge is -2.21. The highest BCUT2D eigenvalue weighted by Gasteiger charge is 2.35. The molecule has 33 heavy (non-hydrogen) atoms. The standard InChI is InChI=1S/C24H24ClN3O5/c25-16-7-8-22(33-15-17-4-1-9-30-17)18(12-16)26-14-24(29)28-20(23-6-3-11-32-23)13-19(27-28)21-5-2-10-31-21/h2-3,5-8,10-12,17,20,26H,1,4,9,13-15H2. The zero-order chi connectivity index (χ0) is 22.6. The molecule has 9 heteroatoms. The minimum absolute atomic E-state index is 0.00275. The number of benzene rings is 1. The van der Waals surface area contributed by atoms with Crippen molar-refractivity contribution in [2.75, 3.05) is 25.1 Å². The van der Waals surface area contributed by atoms with Crippen molar-refractivity contribution in [1.29, 1.82) is 0 Å². The zero-order valence-corrected chi connectivity index (χ0v) is 18.7. The van der Waals surface area contributed by atoms with Crippen molar-refractivity contribution in [3.63, 3.8) is 0 Å². The molecule has 1 N–H and O–H groups in total. The molecule has 1 saturated heterocycles. The molecule has 2 unspecified atom stereocenters. The number of anilines is 1. The second kappa shape index (κ2) is 9.72. The van der Waals surface area contributed by atoms with Crippen LogP contribution in [0, 0.1) is 0 Å². The van der Waals surface area contributed by atoms with E-state index in [1.54, 1.807) is 42.9 Å². The molecule has 2 atom stereocenters. The van der Waals surface area contributed by atoms with Crippen LogP contribution in [0.4, 0.5) is 5.69 Å². The average Bonchev–Trinajstić information content (AvgIpc) is 3.63. The Morgan fingerprint density at radius 3 is 2.85 bits per heavy atom. The molecule has 8 nitrogen and oxygen atoms in total. The molecule has 1 amide bonds. The summed E-state index contributed by atoms with van der Waals surface area (Å²) < 4.78 is 22.6. The van der Waals surface area contributed by atoms with E-state index in [2.05, 4.69) is 10.4 Å². The summed E-state index contributed by atoms with van der Waals surface area (Å²) in [7, 11) is 0. The number of hydrogen-bond donors (Lipinski definition) is 1. The number of ether oxygens (including phenoxy) is 2. The van der Waals surface area contributed by atoms with Crippen molar-refractivity contribution >= 4 is 28.9 Å². The van der Waals surface area contributed by atoms with Gasteiger partial charge in [-0.2, -0.15) is 5.10 Å². The number of nitrogens with one attached hydrogen (secondary N) is 1. The maximum Gasteiger partial charge on any atom is 0.262 e. The van der Waals surface area contributed by atoms with Gasteiger partial charge in [0.15, 0.2) is 0 Å². The van der Waals surface area contributed by atoms with Crippen LogP contribution in [0.25, 0.3) is 0 Å². The molecule has 0 bridgehead atoms. The number of carbonyl (C=O) groups is 1. The van der Waals surface area contributed by atoms with Gasteiger partial charge < -0.3 is 23.6 Å². The molecule has 2 aromatic heterocycles. The number of rotatable bonds is 8. The van der Waals surface area contributed by atoms with Crippen LogP contribution >= 0.6 is 11.6 Å². The molecule has 1 fully saturated rings. The first-order valence-corrected chi connectivity index (χ1v) is 11.3. The van der Waals surface area contributed by atoms with Crippen molar-refractivity contribution in [3.8, 4) is 5.75 Å². The zero-order valence-electron chi connectivity index (χ0n) is 17.9. The van der Waals surface area contributed by atoms with E-state index in [-0.39, 0.29) is 24.6 Å². The number of amides is 1. The second-order valence-electron chi connectivity index (χ2n) is 7.94. The monoisotopic (exact) mass is 469 g/mol. The van der Waals surface area contributed by atoms with E-state index in [1.807, 2.05) is 12.1 Å². The third kappa shape index (κ3) is 4.91. The topological polar surface area (TPSA) is 89.4 Å². The Morgan fingerprint density at radius 1 is 1.21 bits per heavy atom. The smallest absolute Gasteiger partial charge is 0.262 e. The summed E-state index contributed by atoms with van der Waals surface area (Å²) >= 11 is 6.19. The van der Waals surface area contributed by atoms with E-state index in [4.69, 9.17) is 29.9 Å². The van der Waals surface area contributed by atoms with Crippen molar-refractivity contribution in [2.45, 2.75) is 31.4 Å². The SMILES string of the molecule is O=C(CNc1cc(Cl)ccc1OCC1CCCO1)N1N=C(c2ccco2)CC1c1ccco1. The fourth-order valence-electron chi connectivity index (χ4n) is 4.01. The van der Waals surface area contributed by atoms with Gasteiger partial charge in [-0.25, -0.2) is 5.01 Å². The molecule has 5 rings (SSSR count). The van der Waals surface area contributed by atoms with Crippen LogP contribution in [0.1, 0.15) is 36.8 Å². The van der Waals surface area contributed by atoms with Crippen LogP contribution in [-0.4, -0.2) is 42.5 Å². The fraction of sp³-hybridized carbons (Fsp3) is 0.333. The van der Waals surface area contributed by atoms with Gasteiger partial charge >= 0.3 is 0 Å². The van der Waals surface area contributed by atoms with Gasteiger partial charge in [-0.3, -0.25) is 4.79 Å². The first kappa shape index (κ1) is 21.6. The van der Waals surface area contributed by atoms with E-state index in [0.717, 1.165) is 19.4 Å². The van der Waals surface area contributed by atoms with Gasteiger partial charge in [0.25, 0.3) is 5.91 Å². The van der Waals surface area contributed by atoms with Crippen LogP contribution in [0.3, 0.4) is 0 Å². The van der Waals surface area contributed by atoms with Gasteiger partial charge in [0, 0.05) is 18.1 Å². The van der Waals surface area contributed by atoms with Crippen LogP contribution in [-0.2, 0) is 9.53 Å². The Hall–Kier alpha value is -3.23. The molecule has 4 heterocycles. The third-order valence-electron chi connectivity index (χ3n) is 5.66. The molecule has 3 aromatic rings. The highest BCUT2D eigenvalue weighted by Crippen LogP contribution is 2.34. The summed E-state index contributed by atoms with van der Waals surface area (Å²) in [6.07, 6.45) is 5.78. The molecule has 2 aliphatic rings. The highest BCUT2D eigenvalue weighted by molar-refractivity contribution is 6.31. The normalized spacial score (nSPS) is 20.2. The third-order valence-corrected chi connectivity index (χ3v) is 5.90. The quantitative estimate of drug-likeness (QED) is 0.506. The average molecular weight is 470 g/mol. The fourth-order valence-corrected chi connectivity index (χ4v) is 4.18. The molecule has 2 aliphatic heterocycles. The van der Waals surface area contributed by atoms with Gasteiger partial charge in [-0.1, -0.05) is 11.6 Å². The number of hydrogen-bond acceptors (Lipinski definition) is 7. The van der Waals surface area contributed by atoms with Gasteiger partial charge in [-0.15, -0.1) is 0 Å². The lowest BCUT2D eigenvalue weighted by atomic mass is 10.1. The molecule has 172 valence electrons. The molecule has 1 aromatic carbocycles. The van der Waals surface area contributed by atoms with E-state index in [1.165, 1.54) is 5.01 Å². The summed E-state index contributed by atoms with van der Waals surface area (Å²) in [6.45, 7) is 1.22. The van der Waals surface area contributed by atoms with Crippen LogP contribution in [0.5, 0.6) is 5.75 Å². The number of furan rings is 2. The number of nitrogens with zero attached hydrogens (tertiary/aromatic N) is 2. The highest BCUT2D eigenvalue weighted by atomic mass is 35.5. The molecule has 0 spiro atoms. The molecular weight excluding hydrogens is 446 g/mol. The minimum Gasteiger partial charge on any atom is -0.489 e. The number of halogens is 1. The summed E-state index contributed by atoms with van der Waals surface area (Å²) in [5.74, 6) is 1.70. The van der Waals surface area contributed by atoms with E-state index in [0.29, 0.717) is 46.7 Å². The molecule has 0 aliphatic carbocycles. The van der Waals surface area contributed by atoms with Crippen molar-refractivity contribution in [1.82, 2.24) is 5.01 Å². The Bertz CT molecular complexity index is 1110. The predicted molar refractivity (Wildman–Crippen MR) is 123 cm³/mol. The van der Waals surface area contributed by atoms with Crippen molar-refractivity contribution in [3.05, 3.63) is 71.5 Å². The summed E-state index contributed by atoms with van der Waals surface area (Å²) in [5.41, 5.74) is 1.33. The minimum atomic E-state index is -0.344. The lowest BCUT2D eigenvalue weighted by Crippen LogP contribution is -2.32. The first-order chi connectivity index (χ1) is 16.2. The lowest BCUT2D eigenvalue weighted by molar-refractivity contribution is -0.131. The van der Waals surface area contributed by atoms with Gasteiger partial charge in [-0.05, 0) is 55.3 Å². The summed E-state index contributed by atoms with van der Waals surface area (Å²) in [4.78, 5) is 13.2. The number of hydrazone groups is 1.